The number of hydrogen-bond donors (Lipinski definition) is 2. The highest BCUT2D eigenvalue weighted by atomic mass is 19.1. The van der Waals surface area contributed by atoms with Gasteiger partial charge in [0, 0.05) is 0 Å². The summed E-state index contributed by atoms with van der Waals surface area (Å²) in [5.41, 5.74) is 5.75. The maximum atomic E-state index is 13.6. The van der Waals surface area contributed by atoms with Crippen molar-refractivity contribution in [2.75, 3.05) is 7.11 Å². The van der Waals surface area contributed by atoms with E-state index in [-0.39, 0.29) is 16.9 Å². The number of benzene rings is 1. The summed E-state index contributed by atoms with van der Waals surface area (Å²) in [5.74, 6) is -2.16. The number of hydrogen-bond acceptors (Lipinski definition) is 4. The van der Waals surface area contributed by atoms with Gasteiger partial charge >= 0.3 is 0 Å². The molecule has 0 aliphatic heterocycles. The van der Waals surface area contributed by atoms with Gasteiger partial charge in [-0.15, -0.1) is 0 Å². The number of methoxy groups -OCH3 is 1. The van der Waals surface area contributed by atoms with Gasteiger partial charge in [0.1, 0.15) is 0 Å². The Morgan fingerprint density at radius 1 is 1.62 bits per heavy atom. The van der Waals surface area contributed by atoms with Crippen molar-refractivity contribution >= 4 is 5.78 Å². The standard InChI is InChI=1S/C11H14FNO3/c1-5-4-7(10(15)6(2)13)11(16-3)8(12)9(5)14/h4,6,14H,13H2,1-3H3. The first-order valence-corrected chi connectivity index (χ1v) is 4.76. The van der Waals surface area contributed by atoms with E-state index in [2.05, 4.69) is 0 Å². The molecule has 0 aliphatic carbocycles. The Kier molecular flexibility index (Phi) is 3.49. The zero-order valence-corrected chi connectivity index (χ0v) is 9.37. The molecule has 3 N–H and O–H groups in total. The van der Waals surface area contributed by atoms with Gasteiger partial charge in [-0.1, -0.05) is 0 Å². The van der Waals surface area contributed by atoms with E-state index in [4.69, 9.17) is 10.5 Å². The summed E-state index contributed by atoms with van der Waals surface area (Å²) in [5, 5.41) is 9.37. The number of nitrogens with two attached hydrogens (primary N) is 1. The maximum Gasteiger partial charge on any atom is 0.207 e. The molecule has 0 aromatic heterocycles. The van der Waals surface area contributed by atoms with Crippen LogP contribution in [0, 0.1) is 12.7 Å². The van der Waals surface area contributed by atoms with Crippen LogP contribution in [0.4, 0.5) is 4.39 Å². The summed E-state index contributed by atoms with van der Waals surface area (Å²) in [6.45, 7) is 3.00. The highest BCUT2D eigenvalue weighted by molar-refractivity contribution is 6.02. The van der Waals surface area contributed by atoms with E-state index in [0.29, 0.717) is 0 Å². The van der Waals surface area contributed by atoms with Crippen LogP contribution in [0.1, 0.15) is 22.8 Å². The van der Waals surface area contributed by atoms with Gasteiger partial charge in [0.2, 0.25) is 5.82 Å². The van der Waals surface area contributed by atoms with E-state index in [9.17, 15) is 14.3 Å². The smallest absolute Gasteiger partial charge is 0.207 e. The Bertz CT molecular complexity index is 430. The number of ketones is 1. The molecule has 0 amide bonds. The predicted octanol–water partition coefficient (Wildman–Crippen LogP) is 1.38. The number of ether oxygens (including phenoxy) is 1. The second-order valence-corrected chi connectivity index (χ2v) is 3.59. The molecular formula is C11H14FNO3. The lowest BCUT2D eigenvalue weighted by Crippen LogP contribution is -2.27. The normalized spacial score (nSPS) is 12.3. The van der Waals surface area contributed by atoms with E-state index in [0.717, 1.165) is 0 Å². The first kappa shape index (κ1) is 12.4. The molecule has 1 unspecified atom stereocenters. The van der Waals surface area contributed by atoms with Crippen molar-refractivity contribution in [2.45, 2.75) is 19.9 Å². The van der Waals surface area contributed by atoms with Gasteiger partial charge in [-0.2, -0.15) is 4.39 Å². The molecule has 1 aromatic carbocycles. The number of phenolic OH excluding ortho intramolecular Hbond substituents is 1. The average Bonchev–Trinajstić information content (AvgIpc) is 2.24. The van der Waals surface area contributed by atoms with Crippen LogP contribution < -0.4 is 10.5 Å². The summed E-state index contributed by atoms with van der Waals surface area (Å²) in [6.07, 6.45) is 0. The lowest BCUT2D eigenvalue weighted by molar-refractivity contribution is 0.0964. The zero-order chi connectivity index (χ0) is 12.5. The molecule has 0 saturated carbocycles. The van der Waals surface area contributed by atoms with Gasteiger partial charge in [0.15, 0.2) is 17.3 Å². The predicted molar refractivity (Wildman–Crippen MR) is 57.3 cm³/mol. The molecular weight excluding hydrogens is 213 g/mol. The van der Waals surface area contributed by atoms with Gasteiger partial charge in [0.25, 0.3) is 0 Å². The van der Waals surface area contributed by atoms with Crippen molar-refractivity contribution in [3.63, 3.8) is 0 Å². The van der Waals surface area contributed by atoms with Gasteiger partial charge in [0.05, 0.1) is 18.7 Å². The van der Waals surface area contributed by atoms with E-state index < -0.39 is 23.4 Å². The van der Waals surface area contributed by atoms with Crippen molar-refractivity contribution in [1.82, 2.24) is 0 Å². The third-order valence-electron chi connectivity index (χ3n) is 2.27. The quantitative estimate of drug-likeness (QED) is 0.765. The minimum absolute atomic E-state index is 0.0466. The van der Waals surface area contributed by atoms with Crippen molar-refractivity contribution < 1.29 is 19.0 Å². The number of carbonyl (C=O) groups is 1. The Morgan fingerprint density at radius 3 is 2.62 bits per heavy atom. The third-order valence-corrected chi connectivity index (χ3v) is 2.27. The molecule has 0 bridgehead atoms. The number of aromatic hydroxyl groups is 1. The summed E-state index contributed by atoms with van der Waals surface area (Å²) >= 11 is 0. The summed E-state index contributed by atoms with van der Waals surface area (Å²) < 4.78 is 18.4. The fraction of sp³-hybridized carbons (Fsp3) is 0.364. The van der Waals surface area contributed by atoms with Crippen LogP contribution in [0.15, 0.2) is 6.07 Å². The highest BCUT2D eigenvalue weighted by Gasteiger charge is 2.23. The fourth-order valence-electron chi connectivity index (χ4n) is 1.38. The second-order valence-electron chi connectivity index (χ2n) is 3.59. The summed E-state index contributed by atoms with van der Waals surface area (Å²) in [6, 6.07) is 0.611. The molecule has 0 fully saturated rings. The molecule has 0 radical (unpaired) electrons. The molecule has 1 aromatic rings. The van der Waals surface area contributed by atoms with Crippen molar-refractivity contribution in [2.24, 2.45) is 5.73 Å². The topological polar surface area (TPSA) is 72.5 Å². The third kappa shape index (κ3) is 1.99. The van der Waals surface area contributed by atoms with Crippen LogP contribution in [0.2, 0.25) is 0 Å². The zero-order valence-electron chi connectivity index (χ0n) is 9.37. The molecule has 88 valence electrons. The minimum atomic E-state index is -0.938. The van der Waals surface area contributed by atoms with Crippen molar-refractivity contribution in [1.29, 1.82) is 0 Å². The molecule has 0 spiro atoms. The molecule has 4 nitrogen and oxygen atoms in total. The average molecular weight is 227 g/mol. The summed E-state index contributed by atoms with van der Waals surface area (Å²) in [7, 11) is 1.23. The van der Waals surface area contributed by atoms with E-state index in [1.54, 1.807) is 0 Å². The van der Waals surface area contributed by atoms with Gasteiger partial charge in [-0.3, -0.25) is 4.79 Å². The molecule has 0 heterocycles. The first-order valence-electron chi connectivity index (χ1n) is 4.76. The Balaban J connectivity index is 3.45. The van der Waals surface area contributed by atoms with Crippen LogP contribution >= 0.6 is 0 Å². The van der Waals surface area contributed by atoms with E-state index in [1.807, 2.05) is 0 Å². The molecule has 1 rings (SSSR count). The molecule has 0 saturated heterocycles. The van der Waals surface area contributed by atoms with Crippen molar-refractivity contribution in [3.8, 4) is 11.5 Å². The van der Waals surface area contributed by atoms with Gasteiger partial charge in [-0.25, -0.2) is 0 Å². The fourth-order valence-corrected chi connectivity index (χ4v) is 1.38. The van der Waals surface area contributed by atoms with E-state index >= 15 is 0 Å². The molecule has 16 heavy (non-hydrogen) atoms. The monoisotopic (exact) mass is 227 g/mol. The van der Waals surface area contributed by atoms with E-state index in [1.165, 1.54) is 27.0 Å². The number of halogens is 1. The summed E-state index contributed by atoms with van der Waals surface area (Å²) in [4.78, 5) is 11.7. The largest absolute Gasteiger partial charge is 0.505 e. The minimum Gasteiger partial charge on any atom is -0.505 e. The number of phenols is 1. The number of carbonyl (C=O) groups excluding carboxylic acids is 1. The molecule has 1 atom stereocenters. The lowest BCUT2D eigenvalue weighted by Gasteiger charge is -2.13. The molecule has 0 aliphatic rings. The number of aryl methyl sites for hydroxylation is 1. The maximum absolute atomic E-state index is 13.6. The van der Waals surface area contributed by atoms with Crippen LogP contribution in [-0.4, -0.2) is 24.0 Å². The van der Waals surface area contributed by atoms with Crippen LogP contribution in [0.5, 0.6) is 11.5 Å². The second kappa shape index (κ2) is 4.49. The number of rotatable bonds is 3. The Hall–Kier alpha value is -1.62. The van der Waals surface area contributed by atoms with Gasteiger partial charge in [-0.05, 0) is 25.5 Å². The Labute approximate surface area is 92.8 Å². The number of Topliss-reactive ketones (excluding diaryl/α,β-unsaturated/α-hetero) is 1. The van der Waals surface area contributed by atoms with Crippen LogP contribution in [0.3, 0.4) is 0 Å². The first-order chi connectivity index (χ1) is 7.40. The lowest BCUT2D eigenvalue weighted by atomic mass is 10.0. The highest BCUT2D eigenvalue weighted by Crippen LogP contribution is 2.33. The molecule has 5 heteroatoms. The SMILES string of the molecule is COc1c(C(=O)C(C)N)cc(C)c(O)c1F. The van der Waals surface area contributed by atoms with Gasteiger partial charge < -0.3 is 15.6 Å². The Morgan fingerprint density at radius 2 is 2.19 bits per heavy atom. The van der Waals surface area contributed by atoms with Crippen molar-refractivity contribution in [3.05, 3.63) is 23.0 Å². The van der Waals surface area contributed by atoms with Crippen LogP contribution in [0.25, 0.3) is 0 Å². The van der Waals surface area contributed by atoms with Crippen LogP contribution in [-0.2, 0) is 0 Å².